The summed E-state index contributed by atoms with van der Waals surface area (Å²) in [6, 6.07) is 0. The minimum Gasteiger partial charge on any atom is -0.407 e. The van der Waals surface area contributed by atoms with Crippen molar-refractivity contribution in [2.45, 2.75) is 38.6 Å². The summed E-state index contributed by atoms with van der Waals surface area (Å²) >= 11 is 0. The van der Waals surface area contributed by atoms with E-state index in [-0.39, 0.29) is 11.9 Å². The molecule has 12 heavy (non-hydrogen) atoms. The fourth-order valence-corrected chi connectivity index (χ4v) is 2.33. The van der Waals surface area contributed by atoms with Gasteiger partial charge in [-0.05, 0) is 38.6 Å². The van der Waals surface area contributed by atoms with Gasteiger partial charge in [0.2, 0.25) is 0 Å². The number of hydrogen-bond donors (Lipinski definition) is 0. The summed E-state index contributed by atoms with van der Waals surface area (Å²) in [5.41, 5.74) is 0. The highest BCUT2D eigenvalue weighted by molar-refractivity contribution is 6.69. The molecule has 0 aromatic heterocycles. The highest BCUT2D eigenvalue weighted by atomic mass is 28.4. The minimum absolute atomic E-state index is 0.142. The highest BCUT2D eigenvalue weighted by Crippen LogP contribution is 2.16. The maximum Gasteiger partial charge on any atom is 0.184 e. The van der Waals surface area contributed by atoms with Crippen LogP contribution in [-0.4, -0.2) is 20.2 Å². The molecule has 0 aromatic rings. The molecule has 1 unspecified atom stereocenters. The first-order chi connectivity index (χ1) is 5.49. The van der Waals surface area contributed by atoms with Crippen molar-refractivity contribution in [1.82, 2.24) is 0 Å². The fourth-order valence-electron chi connectivity index (χ4n) is 1.24. The monoisotopic (exact) mass is 184 g/mol. The summed E-state index contributed by atoms with van der Waals surface area (Å²) in [7, 11) is -1.54. The van der Waals surface area contributed by atoms with Crippen molar-refractivity contribution < 1.29 is 9.22 Å². The van der Waals surface area contributed by atoms with Crippen LogP contribution in [0.25, 0.3) is 0 Å². The molecule has 2 nitrogen and oxygen atoms in total. The maximum absolute atomic E-state index is 11.3. The van der Waals surface area contributed by atoms with Crippen LogP contribution in [0, 0.1) is 0 Å². The van der Waals surface area contributed by atoms with E-state index in [4.69, 9.17) is 4.43 Å². The average molecular weight is 184 g/mol. The predicted octanol–water partition coefficient (Wildman–Crippen LogP) is 2.13. The topological polar surface area (TPSA) is 26.3 Å². The van der Waals surface area contributed by atoms with Gasteiger partial charge in [0.15, 0.2) is 14.1 Å². The van der Waals surface area contributed by atoms with Crippen molar-refractivity contribution in [3.63, 3.8) is 0 Å². The Morgan fingerprint density at radius 1 is 1.50 bits per heavy atom. The van der Waals surface area contributed by atoms with Crippen LogP contribution in [-0.2, 0) is 9.22 Å². The summed E-state index contributed by atoms with van der Waals surface area (Å²) in [6.07, 6.45) is 5.25. The Labute approximate surface area is 74.7 Å². The van der Waals surface area contributed by atoms with Crippen molar-refractivity contribution in [3.8, 4) is 0 Å². The molecule has 0 amide bonds. The highest BCUT2D eigenvalue weighted by Gasteiger charge is 2.25. The second-order valence-electron chi connectivity index (χ2n) is 4.10. The average Bonchev–Trinajstić information content (AvgIpc) is 1.91. The maximum atomic E-state index is 11.3. The standard InChI is InChI=1S/C9H16O2Si/c1-12(2,3)11-9-7-5-4-6-8(9)10/h4,6,9H,5,7H2,1-3H3. The second-order valence-corrected chi connectivity index (χ2v) is 8.56. The van der Waals surface area contributed by atoms with Crippen LogP contribution >= 0.6 is 0 Å². The third-order valence-electron chi connectivity index (χ3n) is 1.69. The zero-order chi connectivity index (χ0) is 9.19. The van der Waals surface area contributed by atoms with Crippen molar-refractivity contribution in [2.75, 3.05) is 0 Å². The Kier molecular flexibility index (Phi) is 2.85. The van der Waals surface area contributed by atoms with Gasteiger partial charge in [-0.3, -0.25) is 4.79 Å². The normalized spacial score (nSPS) is 24.6. The van der Waals surface area contributed by atoms with Crippen LogP contribution in [0.5, 0.6) is 0 Å². The number of allylic oxidation sites excluding steroid dienone is 1. The van der Waals surface area contributed by atoms with Crippen LogP contribution in [0.3, 0.4) is 0 Å². The summed E-state index contributed by atoms with van der Waals surface area (Å²) < 4.78 is 5.73. The molecule has 1 rings (SSSR count). The molecule has 1 aliphatic carbocycles. The van der Waals surface area contributed by atoms with Crippen LogP contribution in [0.2, 0.25) is 19.6 Å². The number of carbonyl (C=O) groups excluding carboxylic acids is 1. The Hall–Kier alpha value is -0.413. The first kappa shape index (κ1) is 9.67. The van der Waals surface area contributed by atoms with E-state index in [1.165, 1.54) is 0 Å². The van der Waals surface area contributed by atoms with E-state index in [0.29, 0.717) is 0 Å². The van der Waals surface area contributed by atoms with Gasteiger partial charge in [-0.2, -0.15) is 0 Å². The Balaban J connectivity index is 2.53. The molecule has 1 aliphatic rings. The smallest absolute Gasteiger partial charge is 0.184 e. The third-order valence-corrected chi connectivity index (χ3v) is 2.68. The van der Waals surface area contributed by atoms with Gasteiger partial charge in [-0.1, -0.05) is 6.08 Å². The lowest BCUT2D eigenvalue weighted by Gasteiger charge is -2.25. The van der Waals surface area contributed by atoms with Gasteiger partial charge in [0.1, 0.15) is 6.10 Å². The molecular formula is C9H16O2Si. The van der Waals surface area contributed by atoms with Gasteiger partial charge in [0.25, 0.3) is 0 Å². The summed E-state index contributed by atoms with van der Waals surface area (Å²) in [4.78, 5) is 11.3. The Morgan fingerprint density at radius 2 is 2.17 bits per heavy atom. The molecule has 0 spiro atoms. The van der Waals surface area contributed by atoms with Gasteiger partial charge >= 0.3 is 0 Å². The molecule has 0 N–H and O–H groups in total. The largest absolute Gasteiger partial charge is 0.407 e. The van der Waals surface area contributed by atoms with E-state index in [2.05, 4.69) is 19.6 Å². The summed E-state index contributed by atoms with van der Waals surface area (Å²) in [5, 5.41) is 0. The molecule has 0 radical (unpaired) electrons. The molecular weight excluding hydrogens is 168 g/mol. The lowest BCUT2D eigenvalue weighted by molar-refractivity contribution is -0.122. The lowest BCUT2D eigenvalue weighted by atomic mass is 10.0. The van der Waals surface area contributed by atoms with Gasteiger partial charge < -0.3 is 4.43 Å². The Bertz CT molecular complexity index is 203. The first-order valence-corrected chi connectivity index (χ1v) is 7.78. The second kappa shape index (κ2) is 3.54. The quantitative estimate of drug-likeness (QED) is 0.614. The van der Waals surface area contributed by atoms with Crippen LogP contribution in [0.4, 0.5) is 0 Å². The van der Waals surface area contributed by atoms with Crippen molar-refractivity contribution in [1.29, 1.82) is 0 Å². The molecule has 1 atom stereocenters. The first-order valence-electron chi connectivity index (χ1n) is 4.37. The van der Waals surface area contributed by atoms with E-state index < -0.39 is 8.32 Å². The molecule has 0 saturated heterocycles. The predicted molar refractivity (Wildman–Crippen MR) is 51.6 cm³/mol. The minimum atomic E-state index is -1.54. The molecule has 0 aromatic carbocycles. The number of carbonyl (C=O) groups is 1. The molecule has 0 heterocycles. The molecule has 0 fully saturated rings. The third kappa shape index (κ3) is 2.91. The number of rotatable bonds is 2. The van der Waals surface area contributed by atoms with E-state index in [9.17, 15) is 4.79 Å². The van der Waals surface area contributed by atoms with E-state index >= 15 is 0 Å². The zero-order valence-electron chi connectivity index (χ0n) is 7.96. The fraction of sp³-hybridized carbons (Fsp3) is 0.667. The van der Waals surface area contributed by atoms with Gasteiger partial charge in [-0.25, -0.2) is 0 Å². The van der Waals surface area contributed by atoms with E-state index in [0.717, 1.165) is 12.8 Å². The number of ketones is 1. The molecule has 68 valence electrons. The molecule has 0 bridgehead atoms. The van der Waals surface area contributed by atoms with Gasteiger partial charge in [0.05, 0.1) is 0 Å². The molecule has 0 saturated carbocycles. The van der Waals surface area contributed by atoms with Gasteiger partial charge in [0, 0.05) is 0 Å². The SMILES string of the molecule is C[Si](C)(C)OC1CCC=CC1=O. The lowest BCUT2D eigenvalue weighted by Crippen LogP contribution is -2.36. The Morgan fingerprint density at radius 3 is 2.67 bits per heavy atom. The van der Waals surface area contributed by atoms with Crippen LogP contribution in [0.15, 0.2) is 12.2 Å². The molecule has 3 heteroatoms. The van der Waals surface area contributed by atoms with E-state index in [1.807, 2.05) is 6.08 Å². The number of hydrogen-bond acceptors (Lipinski definition) is 2. The van der Waals surface area contributed by atoms with Crippen molar-refractivity contribution in [3.05, 3.63) is 12.2 Å². The van der Waals surface area contributed by atoms with E-state index in [1.54, 1.807) is 6.08 Å². The van der Waals surface area contributed by atoms with Crippen LogP contribution in [0.1, 0.15) is 12.8 Å². The van der Waals surface area contributed by atoms with Crippen molar-refractivity contribution >= 4 is 14.1 Å². The summed E-state index contributed by atoms with van der Waals surface area (Å²) in [6.45, 7) is 6.33. The summed E-state index contributed by atoms with van der Waals surface area (Å²) in [5.74, 6) is 0.142. The van der Waals surface area contributed by atoms with Gasteiger partial charge in [-0.15, -0.1) is 0 Å². The molecule has 0 aliphatic heterocycles. The van der Waals surface area contributed by atoms with Crippen molar-refractivity contribution in [2.24, 2.45) is 0 Å². The van der Waals surface area contributed by atoms with Crippen LogP contribution < -0.4 is 0 Å². The zero-order valence-corrected chi connectivity index (χ0v) is 8.96.